The number of carboxylic acids is 1. The molecule has 0 radical (unpaired) electrons. The summed E-state index contributed by atoms with van der Waals surface area (Å²) in [5.74, 6) is -0.966. The maximum absolute atomic E-state index is 11.2. The van der Waals surface area contributed by atoms with E-state index in [0.717, 1.165) is 44.3 Å². The minimum atomic E-state index is -0.966. The van der Waals surface area contributed by atoms with Gasteiger partial charge in [0.25, 0.3) is 0 Å². The van der Waals surface area contributed by atoms with E-state index < -0.39 is 5.97 Å². The van der Waals surface area contributed by atoms with Crippen molar-refractivity contribution in [2.24, 2.45) is 0 Å². The molecule has 0 aliphatic heterocycles. The number of aromatic nitrogens is 3. The number of unbranched alkanes of at least 4 members (excludes halogenated alkanes) is 2. The first-order chi connectivity index (χ1) is 10.7. The van der Waals surface area contributed by atoms with E-state index in [1.807, 2.05) is 6.07 Å². The summed E-state index contributed by atoms with van der Waals surface area (Å²) in [6, 6.07) is 5.18. The Morgan fingerprint density at radius 3 is 2.50 bits per heavy atom. The maximum Gasteiger partial charge on any atom is 0.338 e. The van der Waals surface area contributed by atoms with E-state index >= 15 is 0 Å². The molecule has 0 saturated carbocycles. The largest absolute Gasteiger partial charge is 0.478 e. The van der Waals surface area contributed by atoms with Crippen LogP contribution in [0.5, 0.6) is 0 Å². The second kappa shape index (κ2) is 7.89. The molecule has 1 N–H and O–H groups in total. The van der Waals surface area contributed by atoms with Crippen LogP contribution in [0.15, 0.2) is 18.2 Å². The number of carbonyl (C=O) groups is 1. The number of carboxylic acid groups (broad SMARTS) is 1. The first kappa shape index (κ1) is 16.4. The lowest BCUT2D eigenvalue weighted by molar-refractivity contribution is 0.0699. The lowest BCUT2D eigenvalue weighted by Gasteiger charge is -2.21. The Morgan fingerprint density at radius 1 is 1.23 bits per heavy atom. The smallest absolute Gasteiger partial charge is 0.338 e. The van der Waals surface area contributed by atoms with E-state index in [0.29, 0.717) is 12.2 Å². The number of rotatable bonds is 9. The zero-order valence-corrected chi connectivity index (χ0v) is 13.3. The molecule has 1 aromatic carbocycles. The topological polar surface area (TPSA) is 71.2 Å². The average Bonchev–Trinajstić information content (AvgIpc) is 2.92. The van der Waals surface area contributed by atoms with Crippen molar-refractivity contribution in [1.82, 2.24) is 19.9 Å². The molecule has 22 heavy (non-hydrogen) atoms. The predicted molar refractivity (Wildman–Crippen MR) is 85.9 cm³/mol. The Bertz CT molecular complexity index is 616. The lowest BCUT2D eigenvalue weighted by Crippen LogP contribution is -2.29. The minimum Gasteiger partial charge on any atom is -0.478 e. The van der Waals surface area contributed by atoms with Gasteiger partial charge in [-0.2, -0.15) is 0 Å². The zero-order chi connectivity index (χ0) is 15.9. The van der Waals surface area contributed by atoms with Gasteiger partial charge in [-0.3, -0.25) is 4.90 Å². The standard InChI is InChI=1S/C16H24N4O2/c1-3-5-10-19(11-6-4-2)12-20-14-9-7-8-13(16(21)22)15(14)17-18-20/h7-9H,3-6,10-12H2,1-2H3,(H,21,22). The Labute approximate surface area is 130 Å². The third-order valence-corrected chi connectivity index (χ3v) is 3.77. The van der Waals surface area contributed by atoms with Crippen LogP contribution in [0, 0.1) is 0 Å². The molecule has 0 fully saturated rings. The van der Waals surface area contributed by atoms with E-state index in [2.05, 4.69) is 29.1 Å². The summed E-state index contributed by atoms with van der Waals surface area (Å²) in [5.41, 5.74) is 1.44. The Kier molecular flexibility index (Phi) is 5.89. The zero-order valence-electron chi connectivity index (χ0n) is 13.3. The van der Waals surface area contributed by atoms with Crippen LogP contribution < -0.4 is 0 Å². The van der Waals surface area contributed by atoms with E-state index in [-0.39, 0.29) is 5.56 Å². The molecular weight excluding hydrogens is 280 g/mol. The van der Waals surface area contributed by atoms with Crippen molar-refractivity contribution < 1.29 is 9.90 Å². The first-order valence-electron chi connectivity index (χ1n) is 7.95. The van der Waals surface area contributed by atoms with Gasteiger partial charge in [-0.25, -0.2) is 9.48 Å². The van der Waals surface area contributed by atoms with Gasteiger partial charge in [0, 0.05) is 0 Å². The molecule has 0 aliphatic carbocycles. The van der Waals surface area contributed by atoms with E-state index in [1.54, 1.807) is 16.8 Å². The van der Waals surface area contributed by atoms with Crippen LogP contribution in [0.4, 0.5) is 0 Å². The van der Waals surface area contributed by atoms with Gasteiger partial charge in [0.05, 0.1) is 17.7 Å². The molecule has 0 unspecified atom stereocenters. The molecule has 2 rings (SSSR count). The molecule has 120 valence electrons. The highest BCUT2D eigenvalue weighted by molar-refractivity contribution is 6.00. The van der Waals surface area contributed by atoms with Crippen LogP contribution in [0.1, 0.15) is 49.9 Å². The first-order valence-corrected chi connectivity index (χ1v) is 7.95. The number of hydrogen-bond acceptors (Lipinski definition) is 4. The molecule has 2 aromatic rings. The van der Waals surface area contributed by atoms with E-state index in [9.17, 15) is 9.90 Å². The summed E-state index contributed by atoms with van der Waals surface area (Å²) in [4.78, 5) is 13.6. The highest BCUT2D eigenvalue weighted by atomic mass is 16.4. The normalized spacial score (nSPS) is 11.4. The van der Waals surface area contributed by atoms with E-state index in [1.165, 1.54) is 0 Å². The van der Waals surface area contributed by atoms with Gasteiger partial charge in [0.1, 0.15) is 5.52 Å². The summed E-state index contributed by atoms with van der Waals surface area (Å²) < 4.78 is 1.80. The van der Waals surface area contributed by atoms with Gasteiger partial charge < -0.3 is 5.11 Å². The van der Waals surface area contributed by atoms with Crippen LogP contribution in [0.25, 0.3) is 11.0 Å². The fourth-order valence-electron chi connectivity index (χ4n) is 2.47. The molecule has 0 amide bonds. The van der Waals surface area contributed by atoms with Crippen LogP contribution >= 0.6 is 0 Å². The third kappa shape index (κ3) is 3.82. The van der Waals surface area contributed by atoms with Crippen molar-refractivity contribution in [3.63, 3.8) is 0 Å². The number of fused-ring (bicyclic) bond motifs is 1. The fourth-order valence-corrected chi connectivity index (χ4v) is 2.47. The van der Waals surface area contributed by atoms with Crippen LogP contribution in [-0.4, -0.2) is 44.1 Å². The Hall–Kier alpha value is -1.95. The highest BCUT2D eigenvalue weighted by Gasteiger charge is 2.15. The van der Waals surface area contributed by atoms with Gasteiger partial charge >= 0.3 is 5.97 Å². The van der Waals surface area contributed by atoms with Gasteiger partial charge in [-0.1, -0.05) is 38.0 Å². The molecular formula is C16H24N4O2. The van der Waals surface area contributed by atoms with Crippen molar-refractivity contribution in [3.8, 4) is 0 Å². The molecule has 0 bridgehead atoms. The number of benzene rings is 1. The minimum absolute atomic E-state index is 0.206. The Morgan fingerprint density at radius 2 is 1.91 bits per heavy atom. The van der Waals surface area contributed by atoms with Crippen molar-refractivity contribution in [1.29, 1.82) is 0 Å². The molecule has 6 heteroatoms. The third-order valence-electron chi connectivity index (χ3n) is 3.77. The van der Waals surface area contributed by atoms with Gasteiger partial charge in [0.15, 0.2) is 0 Å². The van der Waals surface area contributed by atoms with Crippen LogP contribution in [-0.2, 0) is 6.67 Å². The van der Waals surface area contributed by atoms with Gasteiger partial charge in [0.2, 0.25) is 0 Å². The SMILES string of the molecule is CCCCN(CCCC)Cn1nnc2c(C(=O)O)cccc21. The Balaban J connectivity index is 2.21. The molecule has 1 aromatic heterocycles. The molecule has 0 saturated heterocycles. The highest BCUT2D eigenvalue weighted by Crippen LogP contribution is 2.16. The maximum atomic E-state index is 11.2. The molecule has 0 aliphatic rings. The van der Waals surface area contributed by atoms with Crippen LogP contribution in [0.2, 0.25) is 0 Å². The van der Waals surface area contributed by atoms with Crippen molar-refractivity contribution in [2.45, 2.75) is 46.2 Å². The summed E-state index contributed by atoms with van der Waals surface area (Å²) in [6.45, 7) is 7.07. The average molecular weight is 304 g/mol. The van der Waals surface area contributed by atoms with E-state index in [4.69, 9.17) is 0 Å². The van der Waals surface area contributed by atoms with Gasteiger partial charge in [-0.05, 0) is 38.1 Å². The quantitative estimate of drug-likeness (QED) is 0.771. The van der Waals surface area contributed by atoms with Crippen molar-refractivity contribution in [2.75, 3.05) is 13.1 Å². The molecule has 0 atom stereocenters. The summed E-state index contributed by atoms with van der Waals surface area (Å²) >= 11 is 0. The summed E-state index contributed by atoms with van der Waals surface area (Å²) in [6.07, 6.45) is 4.61. The lowest BCUT2D eigenvalue weighted by atomic mass is 10.2. The second-order valence-electron chi connectivity index (χ2n) is 5.53. The predicted octanol–water partition coefficient (Wildman–Crippen LogP) is 2.99. The summed E-state index contributed by atoms with van der Waals surface area (Å²) in [7, 11) is 0. The molecule has 1 heterocycles. The van der Waals surface area contributed by atoms with Gasteiger partial charge in [-0.15, -0.1) is 5.10 Å². The molecule has 6 nitrogen and oxygen atoms in total. The van der Waals surface area contributed by atoms with Crippen molar-refractivity contribution in [3.05, 3.63) is 23.8 Å². The number of aromatic carboxylic acids is 1. The second-order valence-corrected chi connectivity index (χ2v) is 5.53. The molecule has 0 spiro atoms. The monoisotopic (exact) mass is 304 g/mol. The van der Waals surface area contributed by atoms with Crippen molar-refractivity contribution >= 4 is 17.0 Å². The summed E-state index contributed by atoms with van der Waals surface area (Å²) in [5, 5.41) is 17.4. The number of hydrogen-bond donors (Lipinski definition) is 1. The number of nitrogens with zero attached hydrogens (tertiary/aromatic N) is 4. The fraction of sp³-hybridized carbons (Fsp3) is 0.562. The van der Waals surface area contributed by atoms with Crippen LogP contribution in [0.3, 0.4) is 0 Å².